The fourth-order valence-corrected chi connectivity index (χ4v) is 3.74. The van der Waals surface area contributed by atoms with Crippen LogP contribution in [0.2, 0.25) is 0 Å². The highest BCUT2D eigenvalue weighted by atomic mass is 16.6. The summed E-state index contributed by atoms with van der Waals surface area (Å²) in [5.74, 6) is -0.0775. The van der Waals surface area contributed by atoms with Gasteiger partial charge in [0.15, 0.2) is 0 Å². The number of rotatable bonds is 7. The van der Waals surface area contributed by atoms with Gasteiger partial charge in [0.1, 0.15) is 6.10 Å². The Labute approximate surface area is 122 Å². The Kier molecular flexibility index (Phi) is 5.44. The second-order valence-electron chi connectivity index (χ2n) is 6.05. The molecule has 0 spiro atoms. The fraction of sp³-hybridized carbons (Fsp3) is 0.938. The predicted octanol–water partition coefficient (Wildman–Crippen LogP) is 3.08. The van der Waals surface area contributed by atoms with Crippen molar-refractivity contribution in [2.45, 2.75) is 77.1 Å². The molecule has 0 radical (unpaired) electrons. The van der Waals surface area contributed by atoms with Crippen LogP contribution in [-0.2, 0) is 19.0 Å². The van der Waals surface area contributed by atoms with Crippen LogP contribution in [-0.4, -0.2) is 38.0 Å². The quantitative estimate of drug-likeness (QED) is 0.674. The topological polar surface area (TPSA) is 44.8 Å². The van der Waals surface area contributed by atoms with Crippen LogP contribution in [0.5, 0.6) is 0 Å². The second-order valence-corrected chi connectivity index (χ2v) is 6.05. The smallest absolute Gasteiger partial charge is 0.306 e. The van der Waals surface area contributed by atoms with E-state index in [4.69, 9.17) is 14.2 Å². The van der Waals surface area contributed by atoms with Crippen molar-refractivity contribution in [3.63, 3.8) is 0 Å². The van der Waals surface area contributed by atoms with E-state index in [-0.39, 0.29) is 29.7 Å². The molecule has 0 aromatic carbocycles. The molecule has 2 aliphatic rings. The van der Waals surface area contributed by atoms with Crippen LogP contribution >= 0.6 is 0 Å². The second kappa shape index (κ2) is 6.90. The maximum Gasteiger partial charge on any atom is 0.306 e. The maximum atomic E-state index is 12.0. The van der Waals surface area contributed by atoms with Gasteiger partial charge in [-0.05, 0) is 32.1 Å². The molecule has 0 unspecified atom stereocenters. The molecule has 3 atom stereocenters. The fourth-order valence-electron chi connectivity index (χ4n) is 3.74. The molecule has 1 aliphatic heterocycles. The molecular weight excluding hydrogens is 256 g/mol. The normalized spacial score (nSPS) is 31.9. The first-order valence-corrected chi connectivity index (χ1v) is 8.00. The SMILES string of the molecule is CCC1(CC)[C@@H](OC(=O)CC[C@H]2CCCO2)C[C@H]1OC. The number of esters is 1. The lowest BCUT2D eigenvalue weighted by molar-refractivity contribution is -0.210. The third kappa shape index (κ3) is 3.01. The molecule has 2 fully saturated rings. The van der Waals surface area contributed by atoms with E-state index in [1.807, 2.05) is 0 Å². The van der Waals surface area contributed by atoms with Crippen molar-refractivity contribution in [2.24, 2.45) is 5.41 Å². The summed E-state index contributed by atoms with van der Waals surface area (Å²) >= 11 is 0. The molecule has 1 saturated carbocycles. The number of carbonyl (C=O) groups is 1. The lowest BCUT2D eigenvalue weighted by Gasteiger charge is -2.53. The van der Waals surface area contributed by atoms with Crippen LogP contribution in [0.4, 0.5) is 0 Å². The van der Waals surface area contributed by atoms with Gasteiger partial charge in [0.25, 0.3) is 0 Å². The molecule has 2 rings (SSSR count). The van der Waals surface area contributed by atoms with Gasteiger partial charge in [0.05, 0.1) is 12.2 Å². The summed E-state index contributed by atoms with van der Waals surface area (Å²) in [6.45, 7) is 5.15. The third-order valence-electron chi connectivity index (χ3n) is 5.28. The average molecular weight is 284 g/mol. The zero-order valence-corrected chi connectivity index (χ0v) is 13.0. The first-order chi connectivity index (χ1) is 9.66. The molecular formula is C16H28O4. The minimum atomic E-state index is -0.0775. The van der Waals surface area contributed by atoms with Crippen molar-refractivity contribution in [2.75, 3.05) is 13.7 Å². The molecule has 116 valence electrons. The lowest BCUT2D eigenvalue weighted by Crippen LogP contribution is -2.58. The highest BCUT2D eigenvalue weighted by molar-refractivity contribution is 5.69. The maximum absolute atomic E-state index is 12.0. The van der Waals surface area contributed by atoms with Crippen LogP contribution in [0.1, 0.15) is 58.8 Å². The molecule has 0 amide bonds. The van der Waals surface area contributed by atoms with Crippen molar-refractivity contribution >= 4 is 5.97 Å². The highest BCUT2D eigenvalue weighted by Crippen LogP contribution is 2.50. The van der Waals surface area contributed by atoms with Crippen molar-refractivity contribution < 1.29 is 19.0 Å². The van der Waals surface area contributed by atoms with Crippen LogP contribution in [0.3, 0.4) is 0 Å². The number of methoxy groups -OCH3 is 1. The van der Waals surface area contributed by atoms with E-state index >= 15 is 0 Å². The van der Waals surface area contributed by atoms with E-state index < -0.39 is 0 Å². The third-order valence-corrected chi connectivity index (χ3v) is 5.28. The van der Waals surface area contributed by atoms with Gasteiger partial charge in [-0.3, -0.25) is 4.79 Å². The summed E-state index contributed by atoms with van der Waals surface area (Å²) in [5, 5.41) is 0. The molecule has 4 heteroatoms. The van der Waals surface area contributed by atoms with Gasteiger partial charge < -0.3 is 14.2 Å². The Morgan fingerprint density at radius 3 is 2.60 bits per heavy atom. The summed E-state index contributed by atoms with van der Waals surface area (Å²) in [5.41, 5.74) is 0.0221. The molecule has 0 bridgehead atoms. The molecule has 1 aliphatic carbocycles. The van der Waals surface area contributed by atoms with Gasteiger partial charge in [-0.2, -0.15) is 0 Å². The van der Waals surface area contributed by atoms with Crippen molar-refractivity contribution in [3.8, 4) is 0 Å². The van der Waals surface area contributed by atoms with E-state index in [2.05, 4.69) is 13.8 Å². The average Bonchev–Trinajstić information content (AvgIpc) is 2.95. The summed E-state index contributed by atoms with van der Waals surface area (Å²) in [6, 6.07) is 0. The Bertz CT molecular complexity index is 318. The van der Waals surface area contributed by atoms with E-state index in [0.29, 0.717) is 6.42 Å². The highest BCUT2D eigenvalue weighted by Gasteiger charge is 2.55. The molecule has 20 heavy (non-hydrogen) atoms. The molecule has 4 nitrogen and oxygen atoms in total. The number of hydrogen-bond donors (Lipinski definition) is 0. The zero-order valence-electron chi connectivity index (χ0n) is 13.0. The Morgan fingerprint density at radius 1 is 1.30 bits per heavy atom. The predicted molar refractivity (Wildman–Crippen MR) is 76.5 cm³/mol. The Morgan fingerprint density at radius 2 is 2.05 bits per heavy atom. The summed E-state index contributed by atoms with van der Waals surface area (Å²) in [6.07, 6.45) is 6.81. The Hall–Kier alpha value is -0.610. The van der Waals surface area contributed by atoms with Crippen LogP contribution in [0.25, 0.3) is 0 Å². The minimum absolute atomic E-state index is 0.0221. The Balaban J connectivity index is 1.78. The first-order valence-electron chi connectivity index (χ1n) is 8.00. The van der Waals surface area contributed by atoms with Gasteiger partial charge in [-0.1, -0.05) is 13.8 Å². The molecule has 0 N–H and O–H groups in total. The first kappa shape index (κ1) is 15.8. The standard InChI is InChI=1S/C16H28O4/c1-4-16(5-2)13(18-3)11-14(16)20-15(17)9-8-12-7-6-10-19-12/h12-14H,4-11H2,1-3H3/t12-,13-,14+/m1/s1. The van der Waals surface area contributed by atoms with Gasteiger partial charge in [-0.15, -0.1) is 0 Å². The monoisotopic (exact) mass is 284 g/mol. The number of hydrogen-bond acceptors (Lipinski definition) is 4. The zero-order chi connectivity index (χ0) is 14.6. The van der Waals surface area contributed by atoms with Crippen molar-refractivity contribution in [1.82, 2.24) is 0 Å². The lowest BCUT2D eigenvalue weighted by atomic mass is 9.60. The summed E-state index contributed by atoms with van der Waals surface area (Å²) in [4.78, 5) is 12.0. The molecule has 0 aromatic rings. The molecule has 1 heterocycles. The van der Waals surface area contributed by atoms with Gasteiger partial charge in [0, 0.05) is 32.0 Å². The van der Waals surface area contributed by atoms with E-state index in [0.717, 1.165) is 45.1 Å². The molecule has 0 aromatic heterocycles. The van der Waals surface area contributed by atoms with E-state index in [9.17, 15) is 4.79 Å². The van der Waals surface area contributed by atoms with Gasteiger partial charge >= 0.3 is 5.97 Å². The van der Waals surface area contributed by atoms with Crippen LogP contribution in [0.15, 0.2) is 0 Å². The largest absolute Gasteiger partial charge is 0.462 e. The van der Waals surface area contributed by atoms with Crippen LogP contribution in [0, 0.1) is 5.41 Å². The van der Waals surface area contributed by atoms with E-state index in [1.54, 1.807) is 7.11 Å². The van der Waals surface area contributed by atoms with Gasteiger partial charge in [0.2, 0.25) is 0 Å². The van der Waals surface area contributed by atoms with Crippen LogP contribution < -0.4 is 0 Å². The minimum Gasteiger partial charge on any atom is -0.462 e. The van der Waals surface area contributed by atoms with Crippen molar-refractivity contribution in [3.05, 3.63) is 0 Å². The van der Waals surface area contributed by atoms with Crippen molar-refractivity contribution in [1.29, 1.82) is 0 Å². The number of carbonyl (C=O) groups excluding carboxylic acids is 1. The molecule has 1 saturated heterocycles. The summed E-state index contributed by atoms with van der Waals surface area (Å²) < 4.78 is 16.8. The van der Waals surface area contributed by atoms with E-state index in [1.165, 1.54) is 0 Å². The number of ether oxygens (including phenoxy) is 3. The van der Waals surface area contributed by atoms with Gasteiger partial charge in [-0.25, -0.2) is 0 Å². The summed E-state index contributed by atoms with van der Waals surface area (Å²) in [7, 11) is 1.75.